The molecule has 4 rings (SSSR count). The van der Waals surface area contributed by atoms with Crippen molar-refractivity contribution in [3.05, 3.63) is 29.3 Å². The maximum absolute atomic E-state index is 10.7. The molecule has 3 nitrogen and oxygen atoms in total. The number of nitrogens with one attached hydrogen (secondary N) is 1. The van der Waals surface area contributed by atoms with Crippen LogP contribution in [0.2, 0.25) is 0 Å². The van der Waals surface area contributed by atoms with Crippen LogP contribution in [0.15, 0.2) is 18.2 Å². The first kappa shape index (κ1) is 14.3. The number of rotatable bonds is 4. The molecule has 2 bridgehead atoms. The molecule has 0 radical (unpaired) electrons. The zero-order valence-electron chi connectivity index (χ0n) is 13.6. The van der Waals surface area contributed by atoms with Gasteiger partial charge in [-0.15, -0.1) is 0 Å². The Bertz CT molecular complexity index is 595. The highest BCUT2D eigenvalue weighted by atomic mass is 16.1. The monoisotopic (exact) mass is 298 g/mol. The Balaban J connectivity index is 1.68. The van der Waals surface area contributed by atoms with Gasteiger partial charge in [0, 0.05) is 18.3 Å². The largest absolute Gasteiger partial charge is 0.329 e. The third-order valence-corrected chi connectivity index (χ3v) is 6.54. The van der Waals surface area contributed by atoms with E-state index in [1.54, 1.807) is 0 Å². The van der Waals surface area contributed by atoms with Crippen molar-refractivity contribution in [2.45, 2.75) is 51.0 Å². The highest BCUT2D eigenvalue weighted by Gasteiger charge is 2.48. The highest BCUT2D eigenvalue weighted by Crippen LogP contribution is 2.49. The van der Waals surface area contributed by atoms with E-state index in [9.17, 15) is 4.79 Å². The zero-order chi connectivity index (χ0) is 15.3. The fraction of sp³-hybridized carbons (Fsp3) is 0.632. The number of hydrogen-bond acceptors (Lipinski definition) is 2. The lowest BCUT2D eigenvalue weighted by molar-refractivity contribution is -0.105. The van der Waals surface area contributed by atoms with Gasteiger partial charge < -0.3 is 5.32 Å². The van der Waals surface area contributed by atoms with Crippen molar-refractivity contribution in [1.82, 2.24) is 4.90 Å². The molecule has 1 amide bonds. The van der Waals surface area contributed by atoms with E-state index in [1.807, 2.05) is 6.07 Å². The molecular weight excluding hydrogens is 272 g/mol. The summed E-state index contributed by atoms with van der Waals surface area (Å²) in [7, 11) is 0. The second-order valence-electron chi connectivity index (χ2n) is 7.80. The van der Waals surface area contributed by atoms with Crippen molar-refractivity contribution in [3.63, 3.8) is 0 Å². The number of carbonyl (C=O) groups is 1. The number of likely N-dealkylation sites (tertiary alicyclic amines) is 1. The van der Waals surface area contributed by atoms with Crippen molar-refractivity contribution < 1.29 is 4.79 Å². The summed E-state index contributed by atoms with van der Waals surface area (Å²) < 4.78 is 0. The summed E-state index contributed by atoms with van der Waals surface area (Å²) in [5.74, 6) is 1.65. The first-order chi connectivity index (χ1) is 10.6. The van der Waals surface area contributed by atoms with Crippen molar-refractivity contribution in [2.24, 2.45) is 11.8 Å². The van der Waals surface area contributed by atoms with Gasteiger partial charge in [0.25, 0.3) is 0 Å². The average Bonchev–Trinajstić information content (AvgIpc) is 3.31. The molecule has 0 aromatic heterocycles. The Morgan fingerprint density at radius 2 is 2.23 bits per heavy atom. The second-order valence-corrected chi connectivity index (χ2v) is 7.80. The van der Waals surface area contributed by atoms with Crippen LogP contribution >= 0.6 is 0 Å². The van der Waals surface area contributed by atoms with E-state index in [0.29, 0.717) is 12.0 Å². The quantitative estimate of drug-likeness (QED) is 0.866. The van der Waals surface area contributed by atoms with Gasteiger partial charge in [-0.1, -0.05) is 19.9 Å². The SMILES string of the molecule is CC1[C@H]2Cc3ccc(NC=O)cc3[C@]1(C)CCN2CC1CC1. The molecule has 1 N–H and O–H groups in total. The zero-order valence-corrected chi connectivity index (χ0v) is 13.6. The average molecular weight is 298 g/mol. The molecule has 1 unspecified atom stereocenters. The number of nitrogens with zero attached hydrogens (tertiary/aromatic N) is 1. The minimum absolute atomic E-state index is 0.249. The standard InChI is InChI=1S/C19H26N2O/c1-13-18-9-15-5-6-16(20-12-22)10-17(15)19(13,2)7-8-21(18)11-14-3-4-14/h5-6,10,12-14,18H,3-4,7-9,11H2,1-2H3,(H,20,22)/t13?,18-,19-/m1/s1. The predicted octanol–water partition coefficient (Wildman–Crippen LogP) is 3.19. The van der Waals surface area contributed by atoms with Crippen LogP contribution in [0.1, 0.15) is 44.2 Å². The Kier molecular flexibility index (Phi) is 3.30. The number of piperidine rings is 1. The van der Waals surface area contributed by atoms with Gasteiger partial charge in [0.1, 0.15) is 0 Å². The topological polar surface area (TPSA) is 32.3 Å². The molecule has 3 heteroatoms. The Morgan fingerprint density at radius 3 is 2.95 bits per heavy atom. The number of fused-ring (bicyclic) bond motifs is 4. The van der Waals surface area contributed by atoms with Crippen molar-refractivity contribution in [1.29, 1.82) is 0 Å². The molecule has 1 aromatic carbocycles. The van der Waals surface area contributed by atoms with Crippen LogP contribution in [0, 0.1) is 11.8 Å². The number of hydrogen-bond donors (Lipinski definition) is 1. The molecule has 1 saturated carbocycles. The van der Waals surface area contributed by atoms with Crippen LogP contribution in [-0.2, 0) is 16.6 Å². The van der Waals surface area contributed by atoms with Crippen molar-refractivity contribution in [2.75, 3.05) is 18.4 Å². The highest BCUT2D eigenvalue weighted by molar-refractivity contribution is 5.72. The number of carbonyl (C=O) groups excluding carboxylic acids is 1. The molecule has 1 aromatic rings. The number of anilines is 1. The van der Waals surface area contributed by atoms with E-state index in [0.717, 1.165) is 18.0 Å². The molecule has 2 aliphatic carbocycles. The molecule has 0 spiro atoms. The van der Waals surface area contributed by atoms with Gasteiger partial charge in [-0.05, 0) is 72.7 Å². The number of benzene rings is 1. The normalized spacial score (nSPS) is 34.1. The molecule has 3 atom stereocenters. The van der Waals surface area contributed by atoms with E-state index in [4.69, 9.17) is 0 Å². The van der Waals surface area contributed by atoms with Gasteiger partial charge in [-0.25, -0.2) is 0 Å². The van der Waals surface area contributed by atoms with Gasteiger partial charge in [0.2, 0.25) is 6.41 Å². The van der Waals surface area contributed by atoms with Crippen LogP contribution in [0.5, 0.6) is 0 Å². The van der Waals surface area contributed by atoms with E-state index in [1.165, 1.54) is 49.9 Å². The van der Waals surface area contributed by atoms with E-state index in [-0.39, 0.29) is 5.41 Å². The third-order valence-electron chi connectivity index (χ3n) is 6.54. The fourth-order valence-electron chi connectivity index (χ4n) is 4.72. The Hall–Kier alpha value is -1.35. The van der Waals surface area contributed by atoms with E-state index < -0.39 is 0 Å². The van der Waals surface area contributed by atoms with Crippen molar-refractivity contribution in [3.8, 4) is 0 Å². The molecule has 1 aliphatic heterocycles. The summed E-state index contributed by atoms with van der Waals surface area (Å²) >= 11 is 0. The summed E-state index contributed by atoms with van der Waals surface area (Å²) in [6.45, 7) is 7.41. The fourth-order valence-corrected chi connectivity index (χ4v) is 4.72. The van der Waals surface area contributed by atoms with Crippen LogP contribution < -0.4 is 5.32 Å². The van der Waals surface area contributed by atoms with Crippen LogP contribution in [0.3, 0.4) is 0 Å². The minimum Gasteiger partial charge on any atom is -0.329 e. The van der Waals surface area contributed by atoms with Crippen molar-refractivity contribution >= 4 is 12.1 Å². The lowest BCUT2D eigenvalue weighted by Crippen LogP contribution is -2.58. The molecule has 1 heterocycles. The first-order valence-electron chi connectivity index (χ1n) is 8.69. The van der Waals surface area contributed by atoms with E-state index in [2.05, 4.69) is 36.2 Å². The van der Waals surface area contributed by atoms with Gasteiger partial charge in [0.05, 0.1) is 0 Å². The summed E-state index contributed by atoms with van der Waals surface area (Å²) in [5.41, 5.74) is 4.14. The third kappa shape index (κ3) is 2.18. The molecule has 2 fully saturated rings. The van der Waals surface area contributed by atoms with Gasteiger partial charge in [0.15, 0.2) is 0 Å². The van der Waals surface area contributed by atoms with Crippen LogP contribution in [0.4, 0.5) is 5.69 Å². The van der Waals surface area contributed by atoms with Gasteiger partial charge >= 0.3 is 0 Å². The molecule has 1 saturated heterocycles. The smallest absolute Gasteiger partial charge is 0.211 e. The minimum atomic E-state index is 0.249. The number of amides is 1. The second kappa shape index (κ2) is 5.09. The molecule has 3 aliphatic rings. The summed E-state index contributed by atoms with van der Waals surface area (Å²) in [4.78, 5) is 13.5. The summed E-state index contributed by atoms with van der Waals surface area (Å²) in [6, 6.07) is 7.19. The molecular formula is C19H26N2O. The maximum atomic E-state index is 10.7. The maximum Gasteiger partial charge on any atom is 0.211 e. The first-order valence-corrected chi connectivity index (χ1v) is 8.69. The lowest BCUT2D eigenvalue weighted by Gasteiger charge is -2.55. The van der Waals surface area contributed by atoms with Crippen LogP contribution in [0.25, 0.3) is 0 Å². The lowest BCUT2D eigenvalue weighted by atomic mass is 9.59. The van der Waals surface area contributed by atoms with Gasteiger partial charge in [-0.2, -0.15) is 0 Å². The predicted molar refractivity (Wildman–Crippen MR) is 89.1 cm³/mol. The van der Waals surface area contributed by atoms with Crippen LogP contribution in [-0.4, -0.2) is 30.4 Å². The summed E-state index contributed by atoms with van der Waals surface area (Å²) in [6.07, 6.45) is 6.05. The molecule has 118 valence electrons. The van der Waals surface area contributed by atoms with Gasteiger partial charge in [-0.3, -0.25) is 9.69 Å². The summed E-state index contributed by atoms with van der Waals surface area (Å²) in [5, 5.41) is 2.82. The van der Waals surface area contributed by atoms with E-state index >= 15 is 0 Å². The molecule has 22 heavy (non-hydrogen) atoms. The Labute approximate surface area is 133 Å². The Morgan fingerprint density at radius 1 is 1.41 bits per heavy atom.